The Kier molecular flexibility index (Phi) is 5.37. The number of rotatable bonds is 6. The molecule has 1 aliphatic rings. The second-order valence-electron chi connectivity index (χ2n) is 7.33. The quantitative estimate of drug-likeness (QED) is 0.662. The van der Waals surface area contributed by atoms with E-state index in [0.717, 1.165) is 22.8 Å². The predicted molar refractivity (Wildman–Crippen MR) is 110 cm³/mol. The lowest BCUT2D eigenvalue weighted by Crippen LogP contribution is -2.12. The first-order valence-corrected chi connectivity index (χ1v) is 9.79. The molecule has 1 amide bonds. The van der Waals surface area contributed by atoms with Crippen LogP contribution in [0.15, 0.2) is 54.9 Å². The number of carbonyl (C=O) groups is 1. The first kappa shape index (κ1) is 18.2. The van der Waals surface area contributed by atoms with Crippen molar-refractivity contribution >= 4 is 17.4 Å². The summed E-state index contributed by atoms with van der Waals surface area (Å²) in [7, 11) is 0. The average molecular weight is 375 g/mol. The van der Waals surface area contributed by atoms with Gasteiger partial charge in [-0.15, -0.1) is 0 Å². The molecular formula is C22H25N5O. The average Bonchev–Trinajstić information content (AvgIpc) is 3.40. The molecule has 2 heterocycles. The van der Waals surface area contributed by atoms with E-state index in [-0.39, 0.29) is 5.91 Å². The third kappa shape index (κ3) is 4.39. The fourth-order valence-electron chi connectivity index (χ4n) is 3.50. The summed E-state index contributed by atoms with van der Waals surface area (Å²) in [6, 6.07) is 13.9. The molecule has 4 rings (SSSR count). The standard InChI is InChI=1S/C22H25N5O/c1-16-6-9-18(10-7-16)25-22(28)17-8-11-21(23-14-17)24-15-19-12-13-27(26-19)20-4-2-3-5-20/h6-14,20H,2-5,15H2,1H3,(H,23,24)(H,25,28). The summed E-state index contributed by atoms with van der Waals surface area (Å²) in [6.07, 6.45) is 8.70. The van der Waals surface area contributed by atoms with Gasteiger partial charge in [0.15, 0.2) is 0 Å². The Labute approximate surface area is 165 Å². The number of amides is 1. The third-order valence-electron chi connectivity index (χ3n) is 5.15. The van der Waals surface area contributed by atoms with E-state index in [1.807, 2.05) is 37.3 Å². The van der Waals surface area contributed by atoms with Gasteiger partial charge in [0.05, 0.1) is 23.8 Å². The van der Waals surface area contributed by atoms with Gasteiger partial charge in [-0.1, -0.05) is 30.5 Å². The van der Waals surface area contributed by atoms with E-state index in [9.17, 15) is 4.79 Å². The number of aryl methyl sites for hydroxylation is 1. The molecule has 0 spiro atoms. The highest BCUT2D eigenvalue weighted by molar-refractivity contribution is 6.04. The highest BCUT2D eigenvalue weighted by Gasteiger charge is 2.17. The van der Waals surface area contributed by atoms with Gasteiger partial charge in [-0.3, -0.25) is 9.48 Å². The van der Waals surface area contributed by atoms with E-state index in [2.05, 4.69) is 37.7 Å². The van der Waals surface area contributed by atoms with E-state index in [1.54, 1.807) is 12.3 Å². The summed E-state index contributed by atoms with van der Waals surface area (Å²) < 4.78 is 2.09. The van der Waals surface area contributed by atoms with Crippen LogP contribution < -0.4 is 10.6 Å². The highest BCUT2D eigenvalue weighted by Crippen LogP contribution is 2.28. The minimum absolute atomic E-state index is 0.168. The van der Waals surface area contributed by atoms with Crippen molar-refractivity contribution in [3.63, 3.8) is 0 Å². The van der Waals surface area contributed by atoms with Crippen LogP contribution in [0, 0.1) is 6.92 Å². The van der Waals surface area contributed by atoms with E-state index < -0.39 is 0 Å². The molecule has 0 atom stereocenters. The SMILES string of the molecule is Cc1ccc(NC(=O)c2ccc(NCc3ccn(C4CCCC4)n3)nc2)cc1. The smallest absolute Gasteiger partial charge is 0.257 e. The normalized spacial score (nSPS) is 14.2. The molecule has 1 saturated carbocycles. The van der Waals surface area contributed by atoms with Gasteiger partial charge in [-0.25, -0.2) is 4.98 Å². The van der Waals surface area contributed by atoms with Crippen molar-refractivity contribution in [1.82, 2.24) is 14.8 Å². The van der Waals surface area contributed by atoms with E-state index in [4.69, 9.17) is 0 Å². The summed E-state index contributed by atoms with van der Waals surface area (Å²) >= 11 is 0. The summed E-state index contributed by atoms with van der Waals surface area (Å²) in [5, 5.41) is 10.8. The van der Waals surface area contributed by atoms with Crippen LogP contribution in [0.25, 0.3) is 0 Å². The zero-order valence-corrected chi connectivity index (χ0v) is 16.1. The van der Waals surface area contributed by atoms with Crippen LogP contribution in [-0.2, 0) is 6.54 Å². The lowest BCUT2D eigenvalue weighted by atomic mass is 10.2. The second kappa shape index (κ2) is 8.25. The molecule has 6 heteroatoms. The van der Waals surface area contributed by atoms with Crippen molar-refractivity contribution in [3.8, 4) is 0 Å². The highest BCUT2D eigenvalue weighted by atomic mass is 16.1. The van der Waals surface area contributed by atoms with Crippen molar-refractivity contribution in [2.24, 2.45) is 0 Å². The molecule has 1 aromatic carbocycles. The number of benzene rings is 1. The van der Waals surface area contributed by atoms with Gasteiger partial charge >= 0.3 is 0 Å². The third-order valence-corrected chi connectivity index (χ3v) is 5.15. The topological polar surface area (TPSA) is 71.8 Å². The zero-order chi connectivity index (χ0) is 19.3. The minimum atomic E-state index is -0.168. The largest absolute Gasteiger partial charge is 0.364 e. The molecule has 2 aromatic heterocycles. The second-order valence-corrected chi connectivity index (χ2v) is 7.33. The van der Waals surface area contributed by atoms with Crippen LogP contribution in [0.2, 0.25) is 0 Å². The van der Waals surface area contributed by atoms with Gasteiger partial charge in [0, 0.05) is 18.1 Å². The van der Waals surface area contributed by atoms with Gasteiger partial charge < -0.3 is 10.6 Å². The first-order chi connectivity index (χ1) is 13.7. The van der Waals surface area contributed by atoms with Crippen LogP contribution in [0.4, 0.5) is 11.5 Å². The predicted octanol–water partition coefficient (Wildman–Crippen LogP) is 4.57. The van der Waals surface area contributed by atoms with Gasteiger partial charge in [-0.2, -0.15) is 5.10 Å². The fraction of sp³-hybridized carbons (Fsp3) is 0.318. The van der Waals surface area contributed by atoms with Crippen LogP contribution in [0.1, 0.15) is 53.3 Å². The van der Waals surface area contributed by atoms with Gasteiger partial charge in [-0.05, 0) is 50.1 Å². The molecule has 3 aromatic rings. The summed E-state index contributed by atoms with van der Waals surface area (Å²) in [4.78, 5) is 16.7. The Morgan fingerprint density at radius 3 is 2.61 bits per heavy atom. The molecule has 0 unspecified atom stereocenters. The van der Waals surface area contributed by atoms with Crippen molar-refractivity contribution in [3.05, 3.63) is 71.7 Å². The van der Waals surface area contributed by atoms with Gasteiger partial charge in [0.2, 0.25) is 0 Å². The van der Waals surface area contributed by atoms with Crippen molar-refractivity contribution in [2.45, 2.75) is 45.2 Å². The first-order valence-electron chi connectivity index (χ1n) is 9.79. The molecule has 0 bridgehead atoms. The van der Waals surface area contributed by atoms with Crippen molar-refractivity contribution < 1.29 is 4.79 Å². The lowest BCUT2D eigenvalue weighted by molar-refractivity contribution is 0.102. The zero-order valence-electron chi connectivity index (χ0n) is 16.1. The maximum atomic E-state index is 12.3. The maximum Gasteiger partial charge on any atom is 0.257 e. The monoisotopic (exact) mass is 375 g/mol. The Morgan fingerprint density at radius 2 is 1.89 bits per heavy atom. The summed E-state index contributed by atoms with van der Waals surface area (Å²) in [6.45, 7) is 2.63. The molecule has 0 saturated heterocycles. The Hall–Kier alpha value is -3.15. The Balaban J connectivity index is 1.31. The van der Waals surface area contributed by atoms with Gasteiger partial charge in [0.1, 0.15) is 5.82 Å². The minimum Gasteiger partial charge on any atom is -0.364 e. The number of hydrogen-bond acceptors (Lipinski definition) is 4. The van der Waals surface area contributed by atoms with E-state index in [0.29, 0.717) is 18.2 Å². The molecule has 6 nitrogen and oxygen atoms in total. The Morgan fingerprint density at radius 1 is 1.11 bits per heavy atom. The van der Waals surface area contributed by atoms with Gasteiger partial charge in [0.25, 0.3) is 5.91 Å². The number of aromatic nitrogens is 3. The number of hydrogen-bond donors (Lipinski definition) is 2. The number of nitrogens with zero attached hydrogens (tertiary/aromatic N) is 3. The van der Waals surface area contributed by atoms with Crippen LogP contribution in [0.3, 0.4) is 0 Å². The van der Waals surface area contributed by atoms with Crippen LogP contribution in [0.5, 0.6) is 0 Å². The number of pyridine rings is 1. The molecule has 1 fully saturated rings. The van der Waals surface area contributed by atoms with E-state index >= 15 is 0 Å². The summed E-state index contributed by atoms with van der Waals surface area (Å²) in [5.74, 6) is 0.556. The lowest BCUT2D eigenvalue weighted by Gasteiger charge is -2.09. The molecule has 2 N–H and O–H groups in total. The number of nitrogens with one attached hydrogen (secondary N) is 2. The number of carbonyl (C=O) groups excluding carboxylic acids is 1. The van der Waals surface area contributed by atoms with Crippen molar-refractivity contribution in [1.29, 1.82) is 0 Å². The number of anilines is 2. The maximum absolute atomic E-state index is 12.3. The molecular weight excluding hydrogens is 350 g/mol. The molecule has 28 heavy (non-hydrogen) atoms. The van der Waals surface area contributed by atoms with Crippen LogP contribution in [-0.4, -0.2) is 20.7 Å². The summed E-state index contributed by atoms with van der Waals surface area (Å²) in [5.41, 5.74) is 3.45. The molecule has 1 aliphatic carbocycles. The molecule has 144 valence electrons. The molecule has 0 aliphatic heterocycles. The van der Waals surface area contributed by atoms with Crippen LogP contribution >= 0.6 is 0 Å². The fourth-order valence-corrected chi connectivity index (χ4v) is 3.50. The van der Waals surface area contributed by atoms with Crippen molar-refractivity contribution in [2.75, 3.05) is 10.6 Å². The van der Waals surface area contributed by atoms with E-state index in [1.165, 1.54) is 25.7 Å². The molecule has 0 radical (unpaired) electrons. The Bertz CT molecular complexity index is 924.